The van der Waals surface area contributed by atoms with E-state index in [0.717, 1.165) is 23.4 Å². The van der Waals surface area contributed by atoms with E-state index in [9.17, 15) is 9.59 Å². The average Bonchev–Trinajstić information content (AvgIpc) is 3.08. The predicted octanol–water partition coefficient (Wildman–Crippen LogP) is 3.11. The highest BCUT2D eigenvalue weighted by Crippen LogP contribution is 2.25. The molecule has 1 N–H and O–H groups in total. The maximum atomic E-state index is 12.4. The molecule has 2 aromatic carbocycles. The highest BCUT2D eigenvalue weighted by atomic mass is 16.5. The molecule has 1 atom stereocenters. The number of anilines is 1. The Balaban J connectivity index is 1.48. The number of hydrogen-bond acceptors (Lipinski definition) is 3. The van der Waals surface area contributed by atoms with Crippen molar-refractivity contribution in [2.45, 2.75) is 26.7 Å². The summed E-state index contributed by atoms with van der Waals surface area (Å²) in [6.45, 7) is 5.33. The molecule has 1 fully saturated rings. The molecule has 0 aromatic heterocycles. The number of aryl methyl sites for hydroxylation is 2. The van der Waals surface area contributed by atoms with Gasteiger partial charge in [-0.25, -0.2) is 0 Å². The zero-order chi connectivity index (χ0) is 19.2. The largest absolute Gasteiger partial charge is 0.491 e. The SMILES string of the molecule is CCc1ccc(N2C[C@H](C(=O)NCCOc3ccccc3C)CC2=O)cc1. The van der Waals surface area contributed by atoms with Gasteiger partial charge < -0.3 is 15.0 Å². The van der Waals surface area contributed by atoms with E-state index < -0.39 is 0 Å². The lowest BCUT2D eigenvalue weighted by atomic mass is 10.1. The summed E-state index contributed by atoms with van der Waals surface area (Å²) in [5, 5.41) is 2.88. The maximum Gasteiger partial charge on any atom is 0.227 e. The van der Waals surface area contributed by atoms with E-state index in [2.05, 4.69) is 12.2 Å². The Hall–Kier alpha value is -2.82. The Morgan fingerprint density at radius 2 is 1.93 bits per heavy atom. The van der Waals surface area contributed by atoms with Crippen molar-refractivity contribution >= 4 is 17.5 Å². The van der Waals surface area contributed by atoms with Crippen LogP contribution in [0, 0.1) is 12.8 Å². The van der Waals surface area contributed by atoms with Gasteiger partial charge in [-0.05, 0) is 42.7 Å². The lowest BCUT2D eigenvalue weighted by Gasteiger charge is -2.17. The van der Waals surface area contributed by atoms with E-state index in [-0.39, 0.29) is 24.2 Å². The molecule has 5 heteroatoms. The molecule has 2 aromatic rings. The zero-order valence-electron chi connectivity index (χ0n) is 15.9. The van der Waals surface area contributed by atoms with Gasteiger partial charge in [0.2, 0.25) is 11.8 Å². The summed E-state index contributed by atoms with van der Waals surface area (Å²) >= 11 is 0. The summed E-state index contributed by atoms with van der Waals surface area (Å²) in [4.78, 5) is 26.4. The first-order valence-electron chi connectivity index (χ1n) is 9.44. The van der Waals surface area contributed by atoms with Crippen molar-refractivity contribution in [2.24, 2.45) is 5.92 Å². The van der Waals surface area contributed by atoms with E-state index in [1.54, 1.807) is 4.90 Å². The van der Waals surface area contributed by atoms with Crippen molar-refractivity contribution in [2.75, 3.05) is 24.6 Å². The van der Waals surface area contributed by atoms with E-state index in [1.807, 2.05) is 55.5 Å². The molecule has 142 valence electrons. The summed E-state index contributed by atoms with van der Waals surface area (Å²) in [6, 6.07) is 15.7. The van der Waals surface area contributed by atoms with Crippen LogP contribution in [0.2, 0.25) is 0 Å². The quantitative estimate of drug-likeness (QED) is 0.766. The fraction of sp³-hybridized carbons (Fsp3) is 0.364. The zero-order valence-corrected chi connectivity index (χ0v) is 15.9. The van der Waals surface area contributed by atoms with Gasteiger partial charge in [0.1, 0.15) is 12.4 Å². The molecule has 0 spiro atoms. The summed E-state index contributed by atoms with van der Waals surface area (Å²) in [7, 11) is 0. The Morgan fingerprint density at radius 3 is 2.63 bits per heavy atom. The third-order valence-electron chi connectivity index (χ3n) is 4.90. The minimum atomic E-state index is -0.318. The Kier molecular flexibility index (Phi) is 6.12. The van der Waals surface area contributed by atoms with E-state index >= 15 is 0 Å². The molecule has 0 saturated carbocycles. The van der Waals surface area contributed by atoms with Crippen LogP contribution in [0.4, 0.5) is 5.69 Å². The van der Waals surface area contributed by atoms with Gasteiger partial charge in [-0.15, -0.1) is 0 Å². The summed E-state index contributed by atoms with van der Waals surface area (Å²) in [5.41, 5.74) is 3.15. The first-order valence-corrected chi connectivity index (χ1v) is 9.44. The topological polar surface area (TPSA) is 58.6 Å². The minimum Gasteiger partial charge on any atom is -0.491 e. The van der Waals surface area contributed by atoms with Crippen LogP contribution >= 0.6 is 0 Å². The van der Waals surface area contributed by atoms with Gasteiger partial charge in [0, 0.05) is 18.7 Å². The van der Waals surface area contributed by atoms with Crippen LogP contribution in [0.5, 0.6) is 5.75 Å². The molecule has 0 aliphatic carbocycles. The maximum absolute atomic E-state index is 12.4. The van der Waals surface area contributed by atoms with Gasteiger partial charge in [-0.3, -0.25) is 9.59 Å². The number of benzene rings is 2. The van der Waals surface area contributed by atoms with Crippen molar-refractivity contribution in [3.8, 4) is 5.75 Å². The van der Waals surface area contributed by atoms with Crippen LogP contribution in [-0.2, 0) is 16.0 Å². The highest BCUT2D eigenvalue weighted by molar-refractivity contribution is 6.00. The molecule has 5 nitrogen and oxygen atoms in total. The van der Waals surface area contributed by atoms with Gasteiger partial charge in [0.25, 0.3) is 0 Å². The summed E-state index contributed by atoms with van der Waals surface area (Å²) in [5.74, 6) is 0.409. The summed E-state index contributed by atoms with van der Waals surface area (Å²) in [6.07, 6.45) is 1.21. The van der Waals surface area contributed by atoms with E-state index in [0.29, 0.717) is 19.7 Å². The molecule has 1 saturated heterocycles. The second-order valence-corrected chi connectivity index (χ2v) is 6.83. The monoisotopic (exact) mass is 366 g/mol. The number of para-hydroxylation sites is 1. The lowest BCUT2D eigenvalue weighted by Crippen LogP contribution is -2.35. The van der Waals surface area contributed by atoms with Gasteiger partial charge in [-0.1, -0.05) is 37.3 Å². The van der Waals surface area contributed by atoms with Gasteiger partial charge >= 0.3 is 0 Å². The number of carbonyl (C=O) groups is 2. The molecule has 1 heterocycles. The standard InChI is InChI=1S/C22H26N2O3/c1-3-17-8-10-19(11-9-17)24-15-18(14-21(24)25)22(26)23-12-13-27-20-7-5-4-6-16(20)2/h4-11,18H,3,12-15H2,1-2H3,(H,23,26)/t18-/m1/s1. The smallest absolute Gasteiger partial charge is 0.227 e. The molecule has 27 heavy (non-hydrogen) atoms. The lowest BCUT2D eigenvalue weighted by molar-refractivity contribution is -0.126. The molecular weight excluding hydrogens is 340 g/mol. The molecule has 0 bridgehead atoms. The normalized spacial score (nSPS) is 16.4. The van der Waals surface area contributed by atoms with Gasteiger partial charge in [-0.2, -0.15) is 0 Å². The number of carbonyl (C=O) groups excluding carboxylic acids is 2. The fourth-order valence-corrected chi connectivity index (χ4v) is 3.24. The minimum absolute atomic E-state index is 0.00411. The second kappa shape index (κ2) is 8.71. The summed E-state index contributed by atoms with van der Waals surface area (Å²) < 4.78 is 5.69. The fourth-order valence-electron chi connectivity index (χ4n) is 3.24. The molecule has 2 amide bonds. The number of nitrogens with zero attached hydrogens (tertiary/aromatic N) is 1. The van der Waals surface area contributed by atoms with Crippen LogP contribution in [0.3, 0.4) is 0 Å². The van der Waals surface area contributed by atoms with Crippen molar-refractivity contribution in [3.05, 3.63) is 59.7 Å². The van der Waals surface area contributed by atoms with E-state index in [1.165, 1.54) is 5.56 Å². The predicted molar refractivity (Wildman–Crippen MR) is 106 cm³/mol. The van der Waals surface area contributed by atoms with Crippen LogP contribution < -0.4 is 15.0 Å². The number of nitrogens with one attached hydrogen (secondary N) is 1. The number of amides is 2. The first kappa shape index (κ1) is 19.0. The van der Waals surface area contributed by atoms with Crippen molar-refractivity contribution in [1.29, 1.82) is 0 Å². The molecule has 1 aliphatic rings. The van der Waals surface area contributed by atoms with Crippen LogP contribution in [0.1, 0.15) is 24.5 Å². The van der Waals surface area contributed by atoms with E-state index in [4.69, 9.17) is 4.74 Å². The molecule has 3 rings (SSSR count). The third kappa shape index (κ3) is 4.67. The highest BCUT2D eigenvalue weighted by Gasteiger charge is 2.34. The third-order valence-corrected chi connectivity index (χ3v) is 4.90. The number of ether oxygens (including phenoxy) is 1. The molecule has 0 unspecified atom stereocenters. The van der Waals surface area contributed by atoms with Crippen molar-refractivity contribution in [1.82, 2.24) is 5.32 Å². The van der Waals surface area contributed by atoms with Crippen LogP contribution in [0.25, 0.3) is 0 Å². The number of hydrogen-bond donors (Lipinski definition) is 1. The Labute approximate surface area is 160 Å². The molecule has 1 aliphatic heterocycles. The molecular formula is C22H26N2O3. The van der Waals surface area contributed by atoms with Gasteiger partial charge in [0.15, 0.2) is 0 Å². The Bertz CT molecular complexity index is 801. The second-order valence-electron chi connectivity index (χ2n) is 6.83. The van der Waals surface area contributed by atoms with Gasteiger partial charge in [0.05, 0.1) is 12.5 Å². The Morgan fingerprint density at radius 1 is 1.19 bits per heavy atom. The van der Waals surface area contributed by atoms with Crippen molar-refractivity contribution < 1.29 is 14.3 Å². The number of rotatable bonds is 7. The van der Waals surface area contributed by atoms with Crippen LogP contribution in [0.15, 0.2) is 48.5 Å². The average molecular weight is 366 g/mol. The molecule has 0 radical (unpaired) electrons. The first-order chi connectivity index (χ1) is 13.1. The van der Waals surface area contributed by atoms with Crippen LogP contribution in [-0.4, -0.2) is 31.5 Å². The van der Waals surface area contributed by atoms with Crippen molar-refractivity contribution in [3.63, 3.8) is 0 Å².